The van der Waals surface area contributed by atoms with Crippen LogP contribution in [0.4, 0.5) is 0 Å². The van der Waals surface area contributed by atoms with Crippen molar-refractivity contribution in [2.24, 2.45) is 11.3 Å². The van der Waals surface area contributed by atoms with Crippen LogP contribution in [0.25, 0.3) is 0 Å². The highest BCUT2D eigenvalue weighted by molar-refractivity contribution is 9.10. The van der Waals surface area contributed by atoms with Crippen LogP contribution in [0.3, 0.4) is 0 Å². The van der Waals surface area contributed by atoms with Crippen molar-refractivity contribution in [1.29, 1.82) is 0 Å². The molecule has 1 aliphatic carbocycles. The Kier molecular flexibility index (Phi) is 3.71. The van der Waals surface area contributed by atoms with E-state index in [4.69, 9.17) is 21.1 Å². The summed E-state index contributed by atoms with van der Waals surface area (Å²) in [6.45, 7) is 1.65. The predicted molar refractivity (Wildman–Crippen MR) is 87.3 cm³/mol. The number of rotatable bonds is 4. The fraction of sp³-hybridized carbons (Fsp3) is 0.647. The Morgan fingerprint density at radius 1 is 1.29 bits per heavy atom. The monoisotopic (exact) mass is 370 g/mol. The van der Waals surface area contributed by atoms with E-state index in [1.54, 1.807) is 0 Å². The lowest BCUT2D eigenvalue weighted by molar-refractivity contribution is 0.0401. The van der Waals surface area contributed by atoms with E-state index in [0.717, 1.165) is 48.6 Å². The summed E-state index contributed by atoms with van der Waals surface area (Å²) >= 11 is 10.1. The molecule has 0 amide bonds. The van der Waals surface area contributed by atoms with Crippen LogP contribution in [-0.4, -0.2) is 25.2 Å². The lowest BCUT2D eigenvalue weighted by atomic mass is 9.75. The van der Waals surface area contributed by atoms with Crippen molar-refractivity contribution in [2.45, 2.75) is 38.2 Å². The molecule has 21 heavy (non-hydrogen) atoms. The van der Waals surface area contributed by atoms with Gasteiger partial charge in [-0.05, 0) is 54.9 Å². The van der Waals surface area contributed by atoms with Gasteiger partial charge in [-0.3, -0.25) is 0 Å². The first-order valence-electron chi connectivity index (χ1n) is 7.83. The average molecular weight is 372 g/mol. The quantitative estimate of drug-likeness (QED) is 0.733. The Morgan fingerprint density at radius 2 is 2.14 bits per heavy atom. The largest absolute Gasteiger partial charge is 0.493 e. The van der Waals surface area contributed by atoms with Gasteiger partial charge in [0.2, 0.25) is 0 Å². The first-order chi connectivity index (χ1) is 10.2. The summed E-state index contributed by atoms with van der Waals surface area (Å²) in [6.07, 6.45) is 6.00. The molecule has 1 saturated heterocycles. The van der Waals surface area contributed by atoms with E-state index in [1.807, 2.05) is 0 Å². The van der Waals surface area contributed by atoms with E-state index in [0.29, 0.717) is 12.0 Å². The van der Waals surface area contributed by atoms with Gasteiger partial charge in [0.05, 0.1) is 12.7 Å². The maximum atomic E-state index is 6.44. The zero-order valence-electron chi connectivity index (χ0n) is 12.0. The van der Waals surface area contributed by atoms with Gasteiger partial charge in [-0.15, -0.1) is 11.6 Å². The van der Waals surface area contributed by atoms with Crippen molar-refractivity contribution in [3.05, 3.63) is 27.7 Å². The molecule has 4 rings (SSSR count). The normalized spacial score (nSPS) is 31.2. The maximum Gasteiger partial charge on any atom is 0.125 e. The van der Waals surface area contributed by atoms with Gasteiger partial charge in [-0.1, -0.05) is 15.9 Å². The molecule has 2 unspecified atom stereocenters. The summed E-state index contributed by atoms with van der Waals surface area (Å²) in [5.74, 6) is 2.51. The van der Waals surface area contributed by atoms with Crippen LogP contribution in [0.1, 0.15) is 30.4 Å². The smallest absolute Gasteiger partial charge is 0.125 e. The molecule has 0 aromatic heterocycles. The summed E-state index contributed by atoms with van der Waals surface area (Å²) in [7, 11) is 0. The van der Waals surface area contributed by atoms with Crippen LogP contribution in [0.15, 0.2) is 16.6 Å². The van der Waals surface area contributed by atoms with Crippen LogP contribution in [0, 0.1) is 11.3 Å². The topological polar surface area (TPSA) is 18.5 Å². The second kappa shape index (κ2) is 5.43. The predicted octanol–water partition coefficient (Wildman–Crippen LogP) is 4.35. The fourth-order valence-electron chi connectivity index (χ4n) is 3.98. The van der Waals surface area contributed by atoms with Gasteiger partial charge >= 0.3 is 0 Å². The van der Waals surface area contributed by atoms with Crippen molar-refractivity contribution < 1.29 is 9.47 Å². The minimum absolute atomic E-state index is 0.0865. The molecule has 2 heterocycles. The van der Waals surface area contributed by atoms with Crippen molar-refractivity contribution in [3.63, 3.8) is 0 Å². The van der Waals surface area contributed by atoms with Crippen molar-refractivity contribution in [1.82, 2.24) is 0 Å². The Morgan fingerprint density at radius 3 is 2.90 bits per heavy atom. The van der Waals surface area contributed by atoms with Crippen molar-refractivity contribution in [3.8, 4) is 5.75 Å². The van der Waals surface area contributed by atoms with E-state index >= 15 is 0 Å². The standard InChI is InChI=1S/C17H20BrClO2/c18-14-7-12-3-5-20-15(12)13(8-14)9-17(10-19)4-6-21-16(17)11-1-2-11/h7-8,11,16H,1-6,9-10H2. The number of alkyl halides is 1. The Hall–Kier alpha value is -0.250. The first kappa shape index (κ1) is 14.3. The fourth-order valence-corrected chi connectivity index (χ4v) is 4.91. The zero-order valence-corrected chi connectivity index (χ0v) is 14.4. The molecule has 0 radical (unpaired) electrons. The zero-order chi connectivity index (χ0) is 14.4. The number of hydrogen-bond acceptors (Lipinski definition) is 2. The van der Waals surface area contributed by atoms with Crippen molar-refractivity contribution in [2.75, 3.05) is 19.1 Å². The van der Waals surface area contributed by atoms with E-state index < -0.39 is 0 Å². The second-order valence-electron chi connectivity index (χ2n) is 6.70. The lowest BCUT2D eigenvalue weighted by Crippen LogP contribution is -2.36. The van der Waals surface area contributed by atoms with Gasteiger partial charge in [0.25, 0.3) is 0 Å². The summed E-state index contributed by atoms with van der Waals surface area (Å²) in [6, 6.07) is 4.39. The molecule has 1 saturated carbocycles. The number of hydrogen-bond donors (Lipinski definition) is 0. The van der Waals surface area contributed by atoms with Crippen LogP contribution in [0.5, 0.6) is 5.75 Å². The molecule has 114 valence electrons. The van der Waals surface area contributed by atoms with Gasteiger partial charge in [0, 0.05) is 28.8 Å². The summed E-state index contributed by atoms with van der Waals surface area (Å²) < 4.78 is 13.1. The Bertz CT molecular complexity index is 558. The van der Waals surface area contributed by atoms with E-state index in [2.05, 4.69) is 28.1 Å². The molecule has 2 aliphatic heterocycles. The molecule has 3 aliphatic rings. The summed E-state index contributed by atoms with van der Waals surface area (Å²) in [4.78, 5) is 0. The average Bonchev–Trinajstić information content (AvgIpc) is 3.05. The summed E-state index contributed by atoms with van der Waals surface area (Å²) in [5, 5.41) is 0. The minimum Gasteiger partial charge on any atom is -0.493 e. The minimum atomic E-state index is 0.0865. The van der Waals surface area contributed by atoms with Gasteiger partial charge in [-0.2, -0.15) is 0 Å². The number of halogens is 2. The highest BCUT2D eigenvalue weighted by atomic mass is 79.9. The van der Waals surface area contributed by atoms with E-state index in [-0.39, 0.29) is 5.41 Å². The SMILES string of the molecule is ClCC1(Cc2cc(Br)cc3c2OCC3)CCOC1C1CC1. The maximum absolute atomic E-state index is 6.44. The molecule has 1 aromatic carbocycles. The van der Waals surface area contributed by atoms with Gasteiger partial charge in [0.1, 0.15) is 5.75 Å². The molecule has 2 atom stereocenters. The Labute approximate surface area is 139 Å². The molecule has 0 spiro atoms. The Balaban J connectivity index is 1.68. The molecule has 0 N–H and O–H groups in total. The molecular weight excluding hydrogens is 352 g/mol. The summed E-state index contributed by atoms with van der Waals surface area (Å²) in [5.41, 5.74) is 2.71. The third kappa shape index (κ3) is 2.51. The third-order valence-electron chi connectivity index (χ3n) is 5.19. The van der Waals surface area contributed by atoms with E-state index in [9.17, 15) is 0 Å². The van der Waals surface area contributed by atoms with Gasteiger partial charge < -0.3 is 9.47 Å². The second-order valence-corrected chi connectivity index (χ2v) is 7.89. The molecule has 0 bridgehead atoms. The van der Waals surface area contributed by atoms with Crippen LogP contribution in [-0.2, 0) is 17.6 Å². The van der Waals surface area contributed by atoms with Gasteiger partial charge in [0.15, 0.2) is 0 Å². The van der Waals surface area contributed by atoms with Gasteiger partial charge in [-0.25, -0.2) is 0 Å². The first-order valence-corrected chi connectivity index (χ1v) is 9.16. The van der Waals surface area contributed by atoms with E-state index in [1.165, 1.54) is 24.0 Å². The molecule has 2 fully saturated rings. The number of ether oxygens (including phenoxy) is 2. The van der Waals surface area contributed by atoms with Crippen LogP contribution >= 0.6 is 27.5 Å². The lowest BCUT2D eigenvalue weighted by Gasteiger charge is -2.33. The molecular formula is C17H20BrClO2. The molecule has 1 aromatic rings. The number of benzene rings is 1. The molecule has 2 nitrogen and oxygen atoms in total. The van der Waals surface area contributed by atoms with Crippen LogP contribution in [0.2, 0.25) is 0 Å². The van der Waals surface area contributed by atoms with Crippen LogP contribution < -0.4 is 4.74 Å². The molecule has 4 heteroatoms. The highest BCUT2D eigenvalue weighted by Gasteiger charge is 2.50. The third-order valence-corrected chi connectivity index (χ3v) is 6.18. The highest BCUT2D eigenvalue weighted by Crippen LogP contribution is 2.51. The number of fused-ring (bicyclic) bond motifs is 1. The van der Waals surface area contributed by atoms with Crippen molar-refractivity contribution >= 4 is 27.5 Å².